The molecule has 2 N–H and O–H groups in total. The van der Waals surface area contributed by atoms with Crippen LogP contribution in [0.15, 0.2) is 53.4 Å². The van der Waals surface area contributed by atoms with Gasteiger partial charge < -0.3 is 10.5 Å². The third-order valence-electron chi connectivity index (χ3n) is 3.43. The lowest BCUT2D eigenvalue weighted by Gasteiger charge is -2.07. The van der Waals surface area contributed by atoms with E-state index in [-0.39, 0.29) is 6.61 Å². The van der Waals surface area contributed by atoms with E-state index in [1.165, 1.54) is 0 Å². The second-order valence-electron chi connectivity index (χ2n) is 5.10. The minimum absolute atomic E-state index is 0.0741. The van der Waals surface area contributed by atoms with Crippen LogP contribution in [0, 0.1) is 0 Å². The number of para-hydroxylation sites is 1. The number of aromatic nitrogens is 2. The molecule has 7 heteroatoms. The molecule has 3 rings (SSSR count). The Balaban J connectivity index is 1.73. The van der Waals surface area contributed by atoms with Gasteiger partial charge in [-0.1, -0.05) is 12.1 Å². The maximum absolute atomic E-state index is 12.1. The second kappa shape index (κ2) is 6.76. The summed E-state index contributed by atoms with van der Waals surface area (Å²) in [4.78, 5) is 21.2. The monoisotopic (exact) mass is 341 g/mol. The van der Waals surface area contributed by atoms with Crippen molar-refractivity contribution in [3.63, 3.8) is 0 Å². The predicted molar refractivity (Wildman–Crippen MR) is 91.8 cm³/mol. The van der Waals surface area contributed by atoms with Gasteiger partial charge in [0.2, 0.25) is 0 Å². The summed E-state index contributed by atoms with van der Waals surface area (Å²) in [5, 5.41) is 0.760. The highest BCUT2D eigenvalue weighted by Crippen LogP contribution is 2.17. The molecular formula is C17H15N3O3S. The van der Waals surface area contributed by atoms with E-state index in [1.54, 1.807) is 30.5 Å². The van der Waals surface area contributed by atoms with Crippen molar-refractivity contribution in [3.05, 3.63) is 59.9 Å². The average molecular weight is 341 g/mol. The third-order valence-corrected chi connectivity index (χ3v) is 4.37. The first-order valence-corrected chi connectivity index (χ1v) is 8.72. The number of nitrogens with two attached hydrogens (primary N) is 1. The van der Waals surface area contributed by atoms with Crippen molar-refractivity contribution >= 4 is 33.5 Å². The Hall–Kier alpha value is -2.80. The Morgan fingerprint density at radius 1 is 1.12 bits per heavy atom. The van der Waals surface area contributed by atoms with E-state index in [1.807, 2.05) is 24.3 Å². The van der Waals surface area contributed by atoms with Crippen LogP contribution in [0.5, 0.6) is 0 Å². The molecule has 1 heterocycles. The zero-order valence-corrected chi connectivity index (χ0v) is 13.7. The Morgan fingerprint density at radius 2 is 1.83 bits per heavy atom. The second-order valence-corrected chi connectivity index (χ2v) is 6.48. The van der Waals surface area contributed by atoms with E-state index in [4.69, 9.17) is 10.5 Å². The maximum Gasteiger partial charge on any atom is 0.338 e. The molecule has 0 aliphatic carbocycles. The zero-order valence-electron chi connectivity index (χ0n) is 12.9. The molecule has 0 amide bonds. The molecule has 6 nitrogen and oxygen atoms in total. The number of benzene rings is 2. The lowest BCUT2D eigenvalue weighted by molar-refractivity contribution is 0.0462. The number of anilines is 1. The molecule has 2 aromatic carbocycles. The largest absolute Gasteiger partial charge is 0.454 e. The minimum atomic E-state index is -1.09. The third kappa shape index (κ3) is 3.41. The van der Waals surface area contributed by atoms with Gasteiger partial charge >= 0.3 is 5.97 Å². The standard InChI is InChI=1S/C17H15N3O3S/c1-24(22)12-8-6-11(7-9-12)17(21)23-10-15-19-14-5-3-2-4-13(14)16(18)20-15/h2-9H,10H2,1H3,(H2,18,19,20)/t24-/m0/s1. The van der Waals surface area contributed by atoms with E-state index in [9.17, 15) is 9.00 Å². The summed E-state index contributed by atoms with van der Waals surface area (Å²) in [5.74, 6) is 0.186. The number of nitrogen functional groups attached to an aromatic ring is 1. The van der Waals surface area contributed by atoms with Crippen LogP contribution >= 0.6 is 0 Å². The fraction of sp³-hybridized carbons (Fsp3) is 0.118. The fourth-order valence-corrected chi connectivity index (χ4v) is 2.73. The first-order valence-electron chi connectivity index (χ1n) is 7.16. The summed E-state index contributed by atoms with van der Waals surface area (Å²) in [6, 6.07) is 13.8. The highest BCUT2D eigenvalue weighted by molar-refractivity contribution is 7.84. The maximum atomic E-state index is 12.1. The Morgan fingerprint density at radius 3 is 2.54 bits per heavy atom. The minimum Gasteiger partial charge on any atom is -0.454 e. The predicted octanol–water partition coefficient (Wildman–Crippen LogP) is 2.31. The van der Waals surface area contributed by atoms with Crippen LogP contribution in [0.2, 0.25) is 0 Å². The van der Waals surface area contributed by atoms with Gasteiger partial charge in [-0.3, -0.25) is 4.21 Å². The van der Waals surface area contributed by atoms with Crippen molar-refractivity contribution in [3.8, 4) is 0 Å². The van der Waals surface area contributed by atoms with Gasteiger partial charge in [0.25, 0.3) is 0 Å². The van der Waals surface area contributed by atoms with E-state index < -0.39 is 16.8 Å². The van der Waals surface area contributed by atoms with Gasteiger partial charge in [0, 0.05) is 27.3 Å². The lowest BCUT2D eigenvalue weighted by Crippen LogP contribution is -2.09. The number of nitrogens with zero attached hydrogens (tertiary/aromatic N) is 2. The summed E-state index contributed by atoms with van der Waals surface area (Å²) >= 11 is 0. The number of esters is 1. The molecule has 0 saturated carbocycles. The summed E-state index contributed by atoms with van der Waals surface area (Å²) in [5.41, 5.74) is 6.97. The molecule has 24 heavy (non-hydrogen) atoms. The highest BCUT2D eigenvalue weighted by atomic mass is 32.2. The highest BCUT2D eigenvalue weighted by Gasteiger charge is 2.11. The molecule has 0 aliphatic heterocycles. The molecule has 0 saturated heterocycles. The number of fused-ring (bicyclic) bond motifs is 1. The normalized spacial score (nSPS) is 12.0. The smallest absolute Gasteiger partial charge is 0.338 e. The van der Waals surface area contributed by atoms with Gasteiger partial charge in [-0.05, 0) is 36.4 Å². The van der Waals surface area contributed by atoms with E-state index in [0.29, 0.717) is 27.6 Å². The van der Waals surface area contributed by atoms with Crippen molar-refractivity contribution in [2.75, 3.05) is 12.0 Å². The van der Waals surface area contributed by atoms with Gasteiger partial charge in [-0.15, -0.1) is 0 Å². The number of hydrogen-bond acceptors (Lipinski definition) is 6. The Bertz CT molecular complexity index is 926. The van der Waals surface area contributed by atoms with Gasteiger partial charge in [-0.2, -0.15) is 0 Å². The molecule has 0 bridgehead atoms. The van der Waals surface area contributed by atoms with Crippen molar-refractivity contribution in [2.45, 2.75) is 11.5 Å². The Kier molecular flexibility index (Phi) is 4.52. The topological polar surface area (TPSA) is 95.2 Å². The summed E-state index contributed by atoms with van der Waals surface area (Å²) < 4.78 is 16.6. The molecule has 0 fully saturated rings. The van der Waals surface area contributed by atoms with Gasteiger partial charge in [0.15, 0.2) is 12.4 Å². The molecule has 0 radical (unpaired) electrons. The van der Waals surface area contributed by atoms with Gasteiger partial charge in [0.05, 0.1) is 11.1 Å². The van der Waals surface area contributed by atoms with Crippen LogP contribution in [0.3, 0.4) is 0 Å². The van der Waals surface area contributed by atoms with Crippen LogP contribution in [0.1, 0.15) is 16.2 Å². The van der Waals surface area contributed by atoms with Crippen molar-refractivity contribution in [2.24, 2.45) is 0 Å². The van der Waals surface area contributed by atoms with Crippen LogP contribution < -0.4 is 5.73 Å². The number of carbonyl (C=O) groups excluding carboxylic acids is 1. The molecule has 0 unspecified atom stereocenters. The number of carbonyl (C=O) groups is 1. The fourth-order valence-electron chi connectivity index (χ4n) is 2.21. The van der Waals surface area contributed by atoms with Crippen molar-refractivity contribution in [1.82, 2.24) is 9.97 Å². The number of rotatable bonds is 4. The quantitative estimate of drug-likeness (QED) is 0.732. The molecule has 122 valence electrons. The van der Waals surface area contributed by atoms with E-state index in [0.717, 1.165) is 5.39 Å². The molecule has 3 aromatic rings. The molecular weight excluding hydrogens is 326 g/mol. The number of ether oxygens (including phenoxy) is 1. The SMILES string of the molecule is C[S@](=O)c1ccc(C(=O)OCc2nc(N)c3ccccc3n2)cc1. The van der Waals surface area contributed by atoms with E-state index >= 15 is 0 Å². The Labute approximate surface area is 141 Å². The number of hydrogen-bond donors (Lipinski definition) is 1. The van der Waals surface area contributed by atoms with Crippen LogP contribution in [-0.2, 0) is 22.1 Å². The first kappa shape index (κ1) is 16.1. The molecule has 0 aliphatic rings. The lowest BCUT2D eigenvalue weighted by atomic mass is 10.2. The van der Waals surface area contributed by atoms with E-state index in [2.05, 4.69) is 9.97 Å². The molecule has 1 aromatic heterocycles. The van der Waals surface area contributed by atoms with Crippen molar-refractivity contribution < 1.29 is 13.7 Å². The van der Waals surface area contributed by atoms with Crippen LogP contribution in [-0.4, -0.2) is 26.4 Å². The zero-order chi connectivity index (χ0) is 17.1. The van der Waals surface area contributed by atoms with Gasteiger partial charge in [0.1, 0.15) is 5.82 Å². The van der Waals surface area contributed by atoms with Crippen LogP contribution in [0.4, 0.5) is 5.82 Å². The summed E-state index contributed by atoms with van der Waals surface area (Å²) in [6.07, 6.45) is 1.58. The summed E-state index contributed by atoms with van der Waals surface area (Å²) in [7, 11) is -1.09. The average Bonchev–Trinajstić information content (AvgIpc) is 2.60. The van der Waals surface area contributed by atoms with Crippen LogP contribution in [0.25, 0.3) is 10.9 Å². The first-order chi connectivity index (χ1) is 11.5. The molecule has 0 spiro atoms. The van der Waals surface area contributed by atoms with Gasteiger partial charge in [-0.25, -0.2) is 14.8 Å². The van der Waals surface area contributed by atoms with Crippen molar-refractivity contribution in [1.29, 1.82) is 0 Å². The molecule has 1 atom stereocenters. The summed E-state index contributed by atoms with van der Waals surface area (Å²) in [6.45, 7) is -0.0741.